The highest BCUT2D eigenvalue weighted by Crippen LogP contribution is 2.36. The van der Waals surface area contributed by atoms with Crippen molar-refractivity contribution in [1.82, 2.24) is 10.2 Å². The van der Waals surface area contributed by atoms with Crippen LogP contribution in [0.4, 0.5) is 10.5 Å². The minimum atomic E-state index is -0.966. The highest BCUT2D eigenvalue weighted by Gasteiger charge is 2.44. The van der Waals surface area contributed by atoms with E-state index in [0.29, 0.717) is 16.8 Å². The van der Waals surface area contributed by atoms with Crippen molar-refractivity contribution in [2.45, 2.75) is 63.8 Å². The summed E-state index contributed by atoms with van der Waals surface area (Å²) in [5.74, 6) is 1.89. The van der Waals surface area contributed by atoms with E-state index in [0.717, 1.165) is 29.2 Å². The first-order valence-electron chi connectivity index (χ1n) is 14.8. The van der Waals surface area contributed by atoms with Gasteiger partial charge in [-0.1, -0.05) is 78.7 Å². The van der Waals surface area contributed by atoms with Crippen LogP contribution in [0.5, 0.6) is 0 Å². The van der Waals surface area contributed by atoms with Gasteiger partial charge in [0.2, 0.25) is 5.91 Å². The molecule has 0 aromatic heterocycles. The summed E-state index contributed by atoms with van der Waals surface area (Å²) in [6, 6.07) is 28.1. The number of hydrogen-bond acceptors (Lipinski definition) is 4. The zero-order valence-corrected chi connectivity index (χ0v) is 25.2. The molecule has 1 aliphatic carbocycles. The fourth-order valence-corrected chi connectivity index (χ4v) is 5.23. The first-order valence-corrected chi connectivity index (χ1v) is 14.8. The van der Waals surface area contributed by atoms with E-state index in [4.69, 9.17) is 11.2 Å². The summed E-state index contributed by atoms with van der Waals surface area (Å²) in [6.45, 7) is 5.30. The molecule has 2 atom stereocenters. The lowest BCUT2D eigenvalue weighted by Crippen LogP contribution is -2.54. The molecular weight excluding hydrogens is 550 g/mol. The molecule has 1 saturated carbocycles. The fraction of sp³-hybridized carbons (Fsp3) is 0.270. The standard InChI is InChI=1S/C37H37N3O4/c1-5-25-15-17-28(18-16-25)33(34(41)38-30-20-19-27-13-9-10-14-29(27)24-30)40(31-21-22-31)35(42)32(23-26-11-7-6-8-12-26)39-36(43)44-37(2,3)4/h1,6-20,24,31-33H,21-23H2,2-4H3,(H,38,41)(H,39,43). The average molecular weight is 588 g/mol. The highest BCUT2D eigenvalue weighted by atomic mass is 16.6. The van der Waals surface area contributed by atoms with Crippen LogP contribution in [0.2, 0.25) is 0 Å². The van der Waals surface area contributed by atoms with Crippen molar-refractivity contribution in [1.29, 1.82) is 0 Å². The van der Waals surface area contributed by atoms with Gasteiger partial charge in [0.05, 0.1) is 0 Å². The van der Waals surface area contributed by atoms with Crippen LogP contribution in [0.25, 0.3) is 10.8 Å². The maximum Gasteiger partial charge on any atom is 0.408 e. The second kappa shape index (κ2) is 13.0. The first kappa shape index (κ1) is 30.4. The Morgan fingerprint density at radius 1 is 0.909 bits per heavy atom. The Morgan fingerprint density at radius 2 is 1.57 bits per heavy atom. The Kier molecular flexibility index (Phi) is 9.01. The predicted molar refractivity (Wildman–Crippen MR) is 173 cm³/mol. The topological polar surface area (TPSA) is 87.7 Å². The Labute approximate surface area is 258 Å². The molecule has 2 unspecified atom stereocenters. The number of fused-ring (bicyclic) bond motifs is 1. The summed E-state index contributed by atoms with van der Waals surface area (Å²) in [4.78, 5) is 43.4. The molecule has 4 aromatic carbocycles. The van der Waals surface area contributed by atoms with Crippen LogP contribution >= 0.6 is 0 Å². The number of carbonyl (C=O) groups is 3. The van der Waals surface area contributed by atoms with E-state index < -0.39 is 23.8 Å². The van der Waals surface area contributed by atoms with Crippen LogP contribution in [0.1, 0.15) is 56.3 Å². The van der Waals surface area contributed by atoms with Crippen LogP contribution in [-0.2, 0) is 20.7 Å². The predicted octanol–water partition coefficient (Wildman–Crippen LogP) is 6.63. The Bertz CT molecular complexity index is 1680. The lowest BCUT2D eigenvalue weighted by molar-refractivity contribution is -0.141. The maximum atomic E-state index is 14.5. The minimum Gasteiger partial charge on any atom is -0.444 e. The normalized spacial score (nSPS) is 14.1. The number of hydrogen-bond donors (Lipinski definition) is 2. The Morgan fingerprint density at radius 3 is 2.20 bits per heavy atom. The molecule has 5 rings (SSSR count). The molecule has 0 heterocycles. The van der Waals surface area contributed by atoms with Crippen molar-refractivity contribution in [2.24, 2.45) is 0 Å². The fourth-order valence-electron chi connectivity index (χ4n) is 5.23. The second-order valence-corrected chi connectivity index (χ2v) is 12.1. The molecule has 44 heavy (non-hydrogen) atoms. The summed E-state index contributed by atoms with van der Waals surface area (Å²) < 4.78 is 5.53. The molecule has 0 saturated heterocycles. The van der Waals surface area contributed by atoms with Gasteiger partial charge in [-0.15, -0.1) is 6.42 Å². The Balaban J connectivity index is 1.51. The molecule has 7 nitrogen and oxygen atoms in total. The molecule has 3 amide bonds. The third-order valence-electron chi connectivity index (χ3n) is 7.40. The third kappa shape index (κ3) is 7.64. The van der Waals surface area contributed by atoms with E-state index in [2.05, 4.69) is 16.6 Å². The number of anilines is 1. The molecule has 0 aliphatic heterocycles. The number of nitrogens with one attached hydrogen (secondary N) is 2. The molecule has 4 aromatic rings. The van der Waals surface area contributed by atoms with Crippen LogP contribution in [-0.4, -0.2) is 40.5 Å². The molecule has 0 bridgehead atoms. The van der Waals surface area contributed by atoms with Crippen molar-refractivity contribution >= 4 is 34.4 Å². The van der Waals surface area contributed by atoms with Crippen LogP contribution in [0, 0.1) is 12.3 Å². The number of rotatable bonds is 9. The zero-order valence-electron chi connectivity index (χ0n) is 25.2. The number of terminal acetylenes is 1. The SMILES string of the molecule is C#Cc1ccc(C(C(=O)Nc2ccc3ccccc3c2)N(C(=O)C(Cc2ccccc2)NC(=O)OC(C)(C)C)C2CC2)cc1. The molecule has 2 N–H and O–H groups in total. The second-order valence-electron chi connectivity index (χ2n) is 12.1. The Hall–Kier alpha value is -5.09. The summed E-state index contributed by atoms with van der Waals surface area (Å²) in [5, 5.41) is 7.90. The van der Waals surface area contributed by atoms with Gasteiger partial charge in [-0.25, -0.2) is 4.79 Å². The number of benzene rings is 4. The molecular formula is C37H37N3O4. The van der Waals surface area contributed by atoms with Crippen LogP contribution < -0.4 is 10.6 Å². The smallest absolute Gasteiger partial charge is 0.408 e. The number of nitrogens with zero attached hydrogens (tertiary/aromatic N) is 1. The van der Waals surface area contributed by atoms with Gasteiger partial charge in [-0.2, -0.15) is 0 Å². The number of carbonyl (C=O) groups excluding carboxylic acids is 3. The van der Waals surface area contributed by atoms with Crippen molar-refractivity contribution in [3.63, 3.8) is 0 Å². The number of alkyl carbamates (subject to hydrolysis) is 1. The van der Waals surface area contributed by atoms with Gasteiger partial charge in [0.25, 0.3) is 5.91 Å². The monoisotopic (exact) mass is 587 g/mol. The van der Waals surface area contributed by atoms with Gasteiger partial charge in [0, 0.05) is 23.7 Å². The van der Waals surface area contributed by atoms with Gasteiger partial charge >= 0.3 is 6.09 Å². The van der Waals surface area contributed by atoms with Gasteiger partial charge in [0.15, 0.2) is 0 Å². The first-order chi connectivity index (χ1) is 21.1. The van der Waals surface area contributed by atoms with E-state index in [1.165, 1.54) is 0 Å². The van der Waals surface area contributed by atoms with Gasteiger partial charge in [-0.05, 0) is 79.8 Å². The number of amides is 3. The van der Waals surface area contributed by atoms with E-state index in [1.807, 2.05) is 72.8 Å². The highest BCUT2D eigenvalue weighted by molar-refractivity contribution is 6.00. The molecule has 1 fully saturated rings. The van der Waals surface area contributed by atoms with Crippen LogP contribution in [0.15, 0.2) is 97.1 Å². The van der Waals surface area contributed by atoms with Crippen molar-refractivity contribution in [3.8, 4) is 12.3 Å². The summed E-state index contributed by atoms with van der Waals surface area (Å²) in [5.41, 5.74) is 2.03. The van der Waals surface area contributed by atoms with Crippen molar-refractivity contribution in [2.75, 3.05) is 5.32 Å². The zero-order chi connectivity index (χ0) is 31.3. The van der Waals surface area contributed by atoms with E-state index in [-0.39, 0.29) is 24.3 Å². The molecule has 0 spiro atoms. The van der Waals surface area contributed by atoms with E-state index >= 15 is 0 Å². The maximum absolute atomic E-state index is 14.5. The molecule has 7 heteroatoms. The molecule has 1 aliphatic rings. The van der Waals surface area contributed by atoms with E-state index in [1.54, 1.807) is 49.9 Å². The van der Waals surface area contributed by atoms with E-state index in [9.17, 15) is 14.4 Å². The van der Waals surface area contributed by atoms with Gasteiger partial charge in [-0.3, -0.25) is 9.59 Å². The van der Waals surface area contributed by atoms with Crippen molar-refractivity contribution in [3.05, 3.63) is 114 Å². The minimum absolute atomic E-state index is 0.166. The van der Waals surface area contributed by atoms with Gasteiger partial charge < -0.3 is 20.3 Å². The largest absolute Gasteiger partial charge is 0.444 e. The lowest BCUT2D eigenvalue weighted by Gasteiger charge is -2.35. The summed E-state index contributed by atoms with van der Waals surface area (Å²) in [7, 11) is 0. The van der Waals surface area contributed by atoms with Crippen molar-refractivity contribution < 1.29 is 19.1 Å². The molecule has 0 radical (unpaired) electrons. The lowest BCUT2D eigenvalue weighted by atomic mass is 9.99. The average Bonchev–Trinajstić information content (AvgIpc) is 3.84. The summed E-state index contributed by atoms with van der Waals surface area (Å²) >= 11 is 0. The quantitative estimate of drug-likeness (QED) is 0.215. The third-order valence-corrected chi connectivity index (χ3v) is 7.40. The van der Waals surface area contributed by atoms with Crippen LogP contribution in [0.3, 0.4) is 0 Å². The number of ether oxygens (including phenoxy) is 1. The van der Waals surface area contributed by atoms with Gasteiger partial charge in [0.1, 0.15) is 17.7 Å². The molecule has 224 valence electrons. The summed E-state index contributed by atoms with van der Waals surface area (Å²) in [6.07, 6.45) is 6.64.